The number of esters is 1. The summed E-state index contributed by atoms with van der Waals surface area (Å²) < 4.78 is 15.7. The van der Waals surface area contributed by atoms with Crippen molar-refractivity contribution in [2.75, 3.05) is 7.11 Å². The molecule has 0 saturated heterocycles. The Morgan fingerprint density at radius 2 is 1.89 bits per heavy atom. The number of nitrogens with one attached hydrogen (secondary N) is 1. The van der Waals surface area contributed by atoms with Crippen LogP contribution >= 0.6 is 0 Å². The van der Waals surface area contributed by atoms with Crippen LogP contribution in [0.3, 0.4) is 0 Å². The van der Waals surface area contributed by atoms with Crippen molar-refractivity contribution < 1.29 is 18.7 Å². The second-order valence-corrected chi connectivity index (χ2v) is 6.29. The maximum atomic E-state index is 12.8. The van der Waals surface area contributed by atoms with Crippen molar-refractivity contribution >= 4 is 22.8 Å². The molecule has 1 N–H and O–H groups in total. The fraction of sp³-hybridized carbons (Fsp3) is 0.143. The van der Waals surface area contributed by atoms with E-state index in [1.165, 1.54) is 7.11 Å². The lowest BCUT2D eigenvalue weighted by atomic mass is 9.79. The molecule has 1 aliphatic rings. The lowest BCUT2D eigenvalue weighted by Gasteiger charge is -2.29. The van der Waals surface area contributed by atoms with Gasteiger partial charge in [-0.05, 0) is 29.8 Å². The van der Waals surface area contributed by atoms with Gasteiger partial charge < -0.3 is 13.9 Å². The molecule has 0 amide bonds. The molecule has 7 heteroatoms. The number of benzene rings is 2. The highest BCUT2D eigenvalue weighted by Gasteiger charge is 2.40. The number of methoxy groups -OCH3 is 1. The number of para-hydroxylation sites is 1. The Labute approximate surface area is 159 Å². The molecule has 0 fully saturated rings. The van der Waals surface area contributed by atoms with Gasteiger partial charge in [0.05, 0.1) is 29.7 Å². The third-order valence-corrected chi connectivity index (χ3v) is 4.77. The molecule has 2 aromatic carbocycles. The topological polar surface area (TPSA) is 113 Å². The van der Waals surface area contributed by atoms with E-state index in [9.17, 15) is 14.9 Å². The predicted molar refractivity (Wildman–Crippen MR) is 99.6 cm³/mol. The van der Waals surface area contributed by atoms with Crippen LogP contribution in [0.1, 0.15) is 27.4 Å². The zero-order valence-electron chi connectivity index (χ0n) is 14.8. The second-order valence-electron chi connectivity index (χ2n) is 6.29. The smallest absolute Gasteiger partial charge is 0.343 e. The number of fused-ring (bicyclic) bond motifs is 3. The standard InChI is InChI=1S/C21H14N2O5/c1-26-20(24)12-8-6-11(7-9-12)16-14(10-22)19(23)28-18-13-4-2-3-5-15(13)27-21(25)17(16)18/h2-9,14,16,23H,1H3. The first-order valence-electron chi connectivity index (χ1n) is 8.45. The molecule has 0 spiro atoms. The van der Waals surface area contributed by atoms with Gasteiger partial charge in [0.2, 0.25) is 5.90 Å². The Morgan fingerprint density at radius 1 is 1.18 bits per heavy atom. The lowest BCUT2D eigenvalue weighted by molar-refractivity contribution is 0.0600. The molecule has 0 bridgehead atoms. The first-order chi connectivity index (χ1) is 13.5. The maximum absolute atomic E-state index is 12.8. The number of rotatable bonds is 2. The quantitative estimate of drug-likeness (QED) is 0.544. The van der Waals surface area contributed by atoms with E-state index >= 15 is 0 Å². The summed E-state index contributed by atoms with van der Waals surface area (Å²) in [6.07, 6.45) is 0. The average molecular weight is 374 g/mol. The van der Waals surface area contributed by atoms with Crippen LogP contribution in [0.15, 0.2) is 57.7 Å². The van der Waals surface area contributed by atoms with Gasteiger partial charge in [-0.15, -0.1) is 0 Å². The van der Waals surface area contributed by atoms with Crippen LogP contribution in [0.2, 0.25) is 0 Å². The molecule has 0 radical (unpaired) electrons. The minimum Gasteiger partial charge on any atom is -0.465 e. The molecule has 1 aromatic heterocycles. The van der Waals surface area contributed by atoms with Crippen molar-refractivity contribution in [3.63, 3.8) is 0 Å². The zero-order chi connectivity index (χ0) is 19.8. The van der Waals surface area contributed by atoms with Gasteiger partial charge in [0.1, 0.15) is 11.5 Å². The monoisotopic (exact) mass is 374 g/mol. The van der Waals surface area contributed by atoms with Crippen molar-refractivity contribution in [1.29, 1.82) is 10.7 Å². The molecule has 1 aliphatic heterocycles. The molecule has 0 saturated carbocycles. The van der Waals surface area contributed by atoms with Crippen LogP contribution < -0.4 is 10.4 Å². The Kier molecular flexibility index (Phi) is 4.17. The van der Waals surface area contributed by atoms with Crippen molar-refractivity contribution in [1.82, 2.24) is 0 Å². The summed E-state index contributed by atoms with van der Waals surface area (Å²) in [5.74, 6) is -2.26. The average Bonchev–Trinajstić information content (AvgIpc) is 2.72. The van der Waals surface area contributed by atoms with Gasteiger partial charge in [-0.1, -0.05) is 24.3 Å². The van der Waals surface area contributed by atoms with Gasteiger partial charge in [0.25, 0.3) is 0 Å². The first kappa shape index (κ1) is 17.5. The van der Waals surface area contributed by atoms with Gasteiger partial charge in [0.15, 0.2) is 5.75 Å². The van der Waals surface area contributed by atoms with Crippen molar-refractivity contribution in [3.05, 3.63) is 75.6 Å². The summed E-state index contributed by atoms with van der Waals surface area (Å²) in [5, 5.41) is 18.4. The van der Waals surface area contributed by atoms with E-state index in [0.29, 0.717) is 22.1 Å². The number of carbonyl (C=O) groups excluding carboxylic acids is 1. The van der Waals surface area contributed by atoms with Crippen molar-refractivity contribution in [3.8, 4) is 11.8 Å². The third-order valence-electron chi connectivity index (χ3n) is 4.77. The van der Waals surface area contributed by atoms with Crippen molar-refractivity contribution in [2.45, 2.75) is 5.92 Å². The minimum absolute atomic E-state index is 0.187. The van der Waals surface area contributed by atoms with E-state index in [4.69, 9.17) is 19.3 Å². The number of carbonyl (C=O) groups is 1. The SMILES string of the molecule is COC(=O)c1ccc(C2c3c(c4ccccc4oc3=O)OC(=N)C2C#N)cc1. The van der Waals surface area contributed by atoms with E-state index in [0.717, 1.165) is 0 Å². The molecule has 2 unspecified atom stereocenters. The molecule has 28 heavy (non-hydrogen) atoms. The number of hydrogen-bond acceptors (Lipinski definition) is 7. The largest absolute Gasteiger partial charge is 0.465 e. The molecule has 0 aliphatic carbocycles. The van der Waals surface area contributed by atoms with E-state index in [-0.39, 0.29) is 17.2 Å². The maximum Gasteiger partial charge on any atom is 0.343 e. The van der Waals surface area contributed by atoms with Gasteiger partial charge in [-0.3, -0.25) is 5.41 Å². The Bertz CT molecular complexity index is 1200. The highest BCUT2D eigenvalue weighted by molar-refractivity contribution is 5.93. The van der Waals surface area contributed by atoms with Gasteiger partial charge in [0, 0.05) is 5.92 Å². The lowest BCUT2D eigenvalue weighted by Crippen LogP contribution is -2.34. The molecule has 138 valence electrons. The molecular formula is C21H14N2O5. The molecule has 4 rings (SSSR count). The minimum atomic E-state index is -1.000. The molecular weight excluding hydrogens is 360 g/mol. The van der Waals surface area contributed by atoms with E-state index in [2.05, 4.69) is 0 Å². The highest BCUT2D eigenvalue weighted by Crippen LogP contribution is 2.43. The molecule has 2 heterocycles. The second kappa shape index (κ2) is 6.67. The van der Waals surface area contributed by atoms with Crippen LogP contribution in [0, 0.1) is 22.7 Å². The summed E-state index contributed by atoms with van der Waals surface area (Å²) in [5.41, 5.74) is 0.841. The summed E-state index contributed by atoms with van der Waals surface area (Å²) in [6.45, 7) is 0. The Hall–Kier alpha value is -3.92. The van der Waals surface area contributed by atoms with E-state index in [1.54, 1.807) is 48.5 Å². The van der Waals surface area contributed by atoms with Crippen LogP contribution in [0.4, 0.5) is 0 Å². The number of nitriles is 1. The molecule has 2 atom stereocenters. The van der Waals surface area contributed by atoms with Crippen molar-refractivity contribution in [2.24, 2.45) is 5.92 Å². The summed E-state index contributed by atoms with van der Waals surface area (Å²) in [4.78, 5) is 24.4. The highest BCUT2D eigenvalue weighted by atomic mass is 16.5. The normalized spacial score (nSPS) is 18.1. The van der Waals surface area contributed by atoms with Gasteiger partial charge in [-0.2, -0.15) is 5.26 Å². The predicted octanol–water partition coefficient (Wildman–Crippen LogP) is 3.22. The third kappa shape index (κ3) is 2.63. The Morgan fingerprint density at radius 3 is 2.57 bits per heavy atom. The fourth-order valence-electron chi connectivity index (χ4n) is 3.44. The van der Waals surface area contributed by atoms with Crippen LogP contribution in [0.5, 0.6) is 5.75 Å². The number of ether oxygens (including phenoxy) is 2. The summed E-state index contributed by atoms with van der Waals surface area (Å²) in [7, 11) is 1.29. The summed E-state index contributed by atoms with van der Waals surface area (Å²) >= 11 is 0. The van der Waals surface area contributed by atoms with E-state index < -0.39 is 23.4 Å². The Balaban J connectivity index is 1.95. The number of hydrogen-bond donors (Lipinski definition) is 1. The van der Waals surface area contributed by atoms with E-state index in [1.807, 2.05) is 6.07 Å². The number of nitrogens with zero attached hydrogens (tertiary/aromatic N) is 1. The van der Waals surface area contributed by atoms with Gasteiger partial charge in [-0.25, -0.2) is 9.59 Å². The fourth-order valence-corrected chi connectivity index (χ4v) is 3.44. The molecule has 7 nitrogen and oxygen atoms in total. The van der Waals surface area contributed by atoms with Crippen LogP contribution in [-0.4, -0.2) is 19.0 Å². The first-order valence-corrected chi connectivity index (χ1v) is 8.45. The van der Waals surface area contributed by atoms with Crippen LogP contribution in [0.25, 0.3) is 11.0 Å². The van der Waals surface area contributed by atoms with Crippen LogP contribution in [-0.2, 0) is 4.74 Å². The van der Waals surface area contributed by atoms with Gasteiger partial charge >= 0.3 is 11.6 Å². The summed E-state index contributed by atoms with van der Waals surface area (Å²) in [6, 6.07) is 15.3. The molecule has 3 aromatic rings. The zero-order valence-corrected chi connectivity index (χ0v) is 14.8.